The van der Waals surface area contributed by atoms with E-state index in [0.717, 1.165) is 53.9 Å². The second kappa shape index (κ2) is 6.48. The van der Waals surface area contributed by atoms with Gasteiger partial charge in [-0.05, 0) is 54.8 Å². The van der Waals surface area contributed by atoms with Gasteiger partial charge in [-0.1, -0.05) is 57.0 Å². The fourth-order valence-electron chi connectivity index (χ4n) is 3.44. The van der Waals surface area contributed by atoms with Crippen LogP contribution in [0.2, 0.25) is 10.0 Å². The van der Waals surface area contributed by atoms with Crippen molar-refractivity contribution in [3.05, 3.63) is 33.8 Å². The first-order valence-corrected chi connectivity index (χ1v) is 8.71. The molecule has 0 aromatic heterocycles. The maximum absolute atomic E-state index is 6.49. The van der Waals surface area contributed by atoms with Crippen molar-refractivity contribution >= 4 is 23.2 Å². The Morgan fingerprint density at radius 1 is 1.19 bits per heavy atom. The number of rotatable bonds is 5. The van der Waals surface area contributed by atoms with Crippen LogP contribution in [0, 0.1) is 11.3 Å². The topological polar surface area (TPSA) is 12.0 Å². The van der Waals surface area contributed by atoms with Crippen molar-refractivity contribution in [2.24, 2.45) is 11.3 Å². The Balaban J connectivity index is 2.26. The van der Waals surface area contributed by atoms with Crippen LogP contribution in [0.4, 0.5) is 0 Å². The molecule has 0 amide bonds. The molecule has 2 rings (SSSR count). The van der Waals surface area contributed by atoms with Crippen molar-refractivity contribution in [1.29, 1.82) is 0 Å². The summed E-state index contributed by atoms with van der Waals surface area (Å²) in [5.41, 5.74) is 1.60. The standard InChI is InChI=1S/C18H27Cl2N/c1-5-9-21-12-18(10-13(11-18)17(2,3)4)16-14(19)7-6-8-15(16)20/h6-8,13,21H,5,9-12H2,1-4H3. The quantitative estimate of drug-likeness (QED) is 0.685. The largest absolute Gasteiger partial charge is 0.316 e. The van der Waals surface area contributed by atoms with Crippen LogP contribution in [0.5, 0.6) is 0 Å². The Hall–Kier alpha value is -0.240. The molecule has 1 nitrogen and oxygen atoms in total. The number of hydrogen-bond acceptors (Lipinski definition) is 1. The molecule has 0 heterocycles. The monoisotopic (exact) mass is 327 g/mol. The summed E-state index contributed by atoms with van der Waals surface area (Å²) in [6.07, 6.45) is 3.47. The van der Waals surface area contributed by atoms with Gasteiger partial charge in [-0.2, -0.15) is 0 Å². The van der Waals surface area contributed by atoms with Gasteiger partial charge in [-0.15, -0.1) is 0 Å². The zero-order chi connectivity index (χ0) is 15.7. The van der Waals surface area contributed by atoms with Crippen LogP contribution in [0.25, 0.3) is 0 Å². The van der Waals surface area contributed by atoms with Crippen LogP contribution in [-0.2, 0) is 5.41 Å². The van der Waals surface area contributed by atoms with Crippen LogP contribution in [0.3, 0.4) is 0 Å². The Bertz CT molecular complexity index is 464. The third-order valence-electron chi connectivity index (χ3n) is 4.88. The molecule has 1 fully saturated rings. The van der Waals surface area contributed by atoms with Gasteiger partial charge in [-0.3, -0.25) is 0 Å². The third-order valence-corrected chi connectivity index (χ3v) is 5.51. The third kappa shape index (κ3) is 3.57. The van der Waals surface area contributed by atoms with E-state index in [0.29, 0.717) is 5.41 Å². The van der Waals surface area contributed by atoms with Gasteiger partial charge in [0, 0.05) is 22.0 Å². The van der Waals surface area contributed by atoms with Crippen molar-refractivity contribution < 1.29 is 0 Å². The average molecular weight is 328 g/mol. The molecule has 21 heavy (non-hydrogen) atoms. The molecule has 1 aromatic carbocycles. The lowest BCUT2D eigenvalue weighted by Gasteiger charge is -2.54. The Kier molecular flexibility index (Phi) is 5.28. The first-order valence-electron chi connectivity index (χ1n) is 7.95. The molecule has 0 atom stereocenters. The predicted molar refractivity (Wildman–Crippen MR) is 93.5 cm³/mol. The van der Waals surface area contributed by atoms with E-state index in [-0.39, 0.29) is 5.41 Å². The fourth-order valence-corrected chi connectivity index (χ4v) is 4.24. The van der Waals surface area contributed by atoms with Gasteiger partial charge in [0.05, 0.1) is 0 Å². The van der Waals surface area contributed by atoms with E-state index in [1.807, 2.05) is 18.2 Å². The van der Waals surface area contributed by atoms with Gasteiger partial charge >= 0.3 is 0 Å². The van der Waals surface area contributed by atoms with E-state index in [2.05, 4.69) is 33.0 Å². The lowest BCUT2D eigenvalue weighted by atomic mass is 9.52. The maximum atomic E-state index is 6.49. The summed E-state index contributed by atoms with van der Waals surface area (Å²) in [7, 11) is 0. The molecule has 118 valence electrons. The Morgan fingerprint density at radius 2 is 1.76 bits per heavy atom. The van der Waals surface area contributed by atoms with E-state index in [1.54, 1.807) is 0 Å². The molecule has 1 aliphatic rings. The lowest BCUT2D eigenvalue weighted by molar-refractivity contribution is 0.0451. The van der Waals surface area contributed by atoms with Gasteiger partial charge in [-0.25, -0.2) is 0 Å². The first-order chi connectivity index (χ1) is 9.80. The van der Waals surface area contributed by atoms with E-state index >= 15 is 0 Å². The van der Waals surface area contributed by atoms with Gasteiger partial charge in [0.2, 0.25) is 0 Å². The van der Waals surface area contributed by atoms with Crippen LogP contribution >= 0.6 is 23.2 Å². The molecule has 0 unspecified atom stereocenters. The Labute approximate surface area is 139 Å². The summed E-state index contributed by atoms with van der Waals surface area (Å²) in [6.45, 7) is 11.2. The molecule has 0 aliphatic heterocycles. The highest BCUT2D eigenvalue weighted by Gasteiger charge is 2.50. The molecule has 0 spiro atoms. The maximum Gasteiger partial charge on any atom is 0.0459 e. The van der Waals surface area contributed by atoms with Crippen LogP contribution in [0.15, 0.2) is 18.2 Å². The van der Waals surface area contributed by atoms with E-state index in [1.165, 1.54) is 0 Å². The number of halogens is 2. The van der Waals surface area contributed by atoms with Crippen molar-refractivity contribution in [2.75, 3.05) is 13.1 Å². The molecule has 0 bridgehead atoms. The molecule has 0 saturated heterocycles. The number of benzene rings is 1. The molecule has 0 radical (unpaired) electrons. The van der Waals surface area contributed by atoms with Crippen LogP contribution in [-0.4, -0.2) is 13.1 Å². The molecule has 1 aliphatic carbocycles. The second-order valence-corrected chi connectivity index (χ2v) is 8.34. The number of nitrogens with one attached hydrogen (secondary N) is 1. The summed E-state index contributed by atoms with van der Waals surface area (Å²) in [5, 5.41) is 5.21. The Morgan fingerprint density at radius 3 is 2.24 bits per heavy atom. The van der Waals surface area contributed by atoms with Gasteiger partial charge in [0.1, 0.15) is 0 Å². The zero-order valence-electron chi connectivity index (χ0n) is 13.6. The van der Waals surface area contributed by atoms with Crippen molar-refractivity contribution in [3.63, 3.8) is 0 Å². The molecule has 1 saturated carbocycles. The van der Waals surface area contributed by atoms with E-state index in [9.17, 15) is 0 Å². The summed E-state index contributed by atoms with van der Waals surface area (Å²) in [6, 6.07) is 5.87. The summed E-state index contributed by atoms with van der Waals surface area (Å²) < 4.78 is 0. The number of hydrogen-bond donors (Lipinski definition) is 1. The first kappa shape index (κ1) is 17.1. The highest BCUT2D eigenvalue weighted by Crippen LogP contribution is 2.56. The normalized spacial score (nSPS) is 25.7. The summed E-state index contributed by atoms with van der Waals surface area (Å²) in [5.74, 6) is 0.730. The molecule has 3 heteroatoms. The molecular formula is C18H27Cl2N. The van der Waals surface area contributed by atoms with Crippen LogP contribution in [0.1, 0.15) is 52.5 Å². The minimum atomic E-state index is 0.0997. The average Bonchev–Trinajstić information content (AvgIpc) is 2.32. The lowest BCUT2D eigenvalue weighted by Crippen LogP contribution is -2.52. The molecular weight excluding hydrogens is 301 g/mol. The van der Waals surface area contributed by atoms with Crippen molar-refractivity contribution in [3.8, 4) is 0 Å². The minimum Gasteiger partial charge on any atom is -0.316 e. The highest BCUT2D eigenvalue weighted by atomic mass is 35.5. The SMILES string of the molecule is CCCNCC1(c2c(Cl)cccc2Cl)CC(C(C)(C)C)C1. The van der Waals surface area contributed by atoms with Crippen LogP contribution < -0.4 is 5.32 Å². The summed E-state index contributed by atoms with van der Waals surface area (Å²) in [4.78, 5) is 0. The smallest absolute Gasteiger partial charge is 0.0459 e. The van der Waals surface area contributed by atoms with Crippen molar-refractivity contribution in [1.82, 2.24) is 5.32 Å². The van der Waals surface area contributed by atoms with Gasteiger partial charge in [0.25, 0.3) is 0 Å². The molecule has 1 aromatic rings. The van der Waals surface area contributed by atoms with E-state index < -0.39 is 0 Å². The van der Waals surface area contributed by atoms with Gasteiger partial charge < -0.3 is 5.32 Å². The summed E-state index contributed by atoms with van der Waals surface area (Å²) >= 11 is 13.0. The highest BCUT2D eigenvalue weighted by molar-refractivity contribution is 6.36. The predicted octanol–water partition coefficient (Wildman–Crippen LogP) is 5.69. The van der Waals surface area contributed by atoms with Crippen molar-refractivity contribution in [2.45, 2.75) is 52.4 Å². The fraction of sp³-hybridized carbons (Fsp3) is 0.667. The zero-order valence-corrected chi connectivity index (χ0v) is 15.1. The van der Waals surface area contributed by atoms with Gasteiger partial charge in [0.15, 0.2) is 0 Å². The molecule has 1 N–H and O–H groups in total. The van der Waals surface area contributed by atoms with E-state index in [4.69, 9.17) is 23.2 Å². The second-order valence-electron chi connectivity index (χ2n) is 7.52. The minimum absolute atomic E-state index is 0.0997.